The second kappa shape index (κ2) is 5.32. The largest absolute Gasteiger partial charge is 0.605 e. The number of nitrogens with zero attached hydrogens (tertiary/aromatic N) is 2. The number of carbonyl (C=O) groups is 1. The third kappa shape index (κ3) is 2.36. The number of para-hydroxylation sites is 1. The molecule has 1 radical (unpaired) electrons. The fraction of sp³-hybridized carbons (Fsp3) is 0.0667. The third-order valence-electron chi connectivity index (χ3n) is 3.13. The number of benzene rings is 2. The molecule has 1 unspecified atom stereocenters. The fourth-order valence-corrected chi connectivity index (χ4v) is 2.20. The lowest BCUT2D eigenvalue weighted by atomic mass is 10.2. The molecule has 1 amide bonds. The summed E-state index contributed by atoms with van der Waals surface area (Å²) in [5.41, 5.74) is 1.67. The first kappa shape index (κ1) is 12.7. The Hall–Kier alpha value is -2.37. The minimum Gasteiger partial charge on any atom is -0.605 e. The van der Waals surface area contributed by atoms with Gasteiger partial charge in [0, 0.05) is 0 Å². The molecule has 0 spiro atoms. The predicted molar refractivity (Wildman–Crippen MR) is 74.5 cm³/mol. The van der Waals surface area contributed by atoms with Crippen molar-refractivity contribution in [3.63, 3.8) is 0 Å². The molecule has 3 rings (SSSR count). The molecule has 0 aliphatic carbocycles. The van der Waals surface area contributed by atoms with E-state index < -0.39 is 0 Å². The number of amides is 1. The Morgan fingerprint density at radius 2 is 1.55 bits per heavy atom. The van der Waals surface area contributed by atoms with E-state index in [2.05, 4.69) is 0 Å². The topological polar surface area (TPSA) is 51.1 Å². The van der Waals surface area contributed by atoms with Gasteiger partial charge in [-0.2, -0.15) is 5.01 Å². The van der Waals surface area contributed by atoms with Crippen molar-refractivity contribution in [3.05, 3.63) is 78.0 Å². The van der Waals surface area contributed by atoms with Crippen LogP contribution in [0.15, 0.2) is 60.7 Å². The summed E-state index contributed by atoms with van der Waals surface area (Å²) in [7, 11) is 0. The van der Waals surface area contributed by atoms with Crippen LogP contribution in [-0.4, -0.2) is 10.9 Å². The maximum atomic E-state index is 12.0. The van der Waals surface area contributed by atoms with Crippen molar-refractivity contribution in [2.75, 3.05) is 5.12 Å². The van der Waals surface area contributed by atoms with Crippen LogP contribution in [0.4, 0.5) is 5.69 Å². The predicted octanol–water partition coefficient (Wildman–Crippen LogP) is 0.910. The number of nitrogens with one attached hydrogen (secondary N) is 1. The Labute approximate surface area is 117 Å². The van der Waals surface area contributed by atoms with Gasteiger partial charge in [0.2, 0.25) is 0 Å². The Kier molecular flexibility index (Phi) is 3.37. The van der Waals surface area contributed by atoms with Gasteiger partial charge < -0.3 is 5.21 Å². The Morgan fingerprint density at radius 1 is 0.950 bits per heavy atom. The van der Waals surface area contributed by atoms with Gasteiger partial charge in [0.05, 0.1) is 6.54 Å². The zero-order valence-electron chi connectivity index (χ0n) is 10.8. The molecule has 20 heavy (non-hydrogen) atoms. The molecule has 1 N–H and O–H groups in total. The molecule has 1 aliphatic rings. The summed E-state index contributed by atoms with van der Waals surface area (Å²) in [5.74, 6) is -0.289. The van der Waals surface area contributed by atoms with Crippen LogP contribution in [0.1, 0.15) is 5.56 Å². The van der Waals surface area contributed by atoms with Crippen molar-refractivity contribution in [1.82, 2.24) is 5.01 Å². The normalized spacial score (nSPS) is 18.6. The smallest absolute Gasteiger partial charge is 0.313 e. The zero-order valence-corrected chi connectivity index (χ0v) is 10.8. The Morgan fingerprint density at radius 3 is 2.20 bits per heavy atom. The van der Waals surface area contributed by atoms with Crippen LogP contribution < -0.4 is 10.3 Å². The monoisotopic (exact) mass is 268 g/mol. The molecule has 5 nitrogen and oxygen atoms in total. The van der Waals surface area contributed by atoms with Gasteiger partial charge in [0.1, 0.15) is 5.69 Å². The van der Waals surface area contributed by atoms with Crippen molar-refractivity contribution >= 4 is 11.6 Å². The lowest BCUT2D eigenvalue weighted by Crippen LogP contribution is -3.11. The van der Waals surface area contributed by atoms with Crippen molar-refractivity contribution < 1.29 is 9.97 Å². The summed E-state index contributed by atoms with van der Waals surface area (Å²) in [5, 5.41) is 14.5. The number of hydrogen-bond acceptors (Lipinski definition) is 3. The van der Waals surface area contributed by atoms with Crippen LogP contribution in [0, 0.1) is 11.8 Å². The lowest BCUT2D eigenvalue weighted by molar-refractivity contribution is -0.821. The maximum Gasteiger partial charge on any atom is 0.313 e. The van der Waals surface area contributed by atoms with Crippen LogP contribution in [0.2, 0.25) is 0 Å². The molecule has 1 fully saturated rings. The highest BCUT2D eigenvalue weighted by atomic mass is 16.6. The van der Waals surface area contributed by atoms with Crippen molar-refractivity contribution in [1.29, 1.82) is 0 Å². The summed E-state index contributed by atoms with van der Waals surface area (Å²) in [6.45, 7) is 1.49. The van der Waals surface area contributed by atoms with Gasteiger partial charge in [-0.15, -0.1) is 5.12 Å². The van der Waals surface area contributed by atoms with Crippen LogP contribution in [0.25, 0.3) is 0 Å². The van der Waals surface area contributed by atoms with E-state index in [4.69, 9.17) is 0 Å². The van der Waals surface area contributed by atoms with Gasteiger partial charge >= 0.3 is 5.91 Å². The number of rotatable bonds is 3. The molecule has 1 heterocycles. The van der Waals surface area contributed by atoms with Crippen LogP contribution >= 0.6 is 0 Å². The summed E-state index contributed by atoms with van der Waals surface area (Å²) in [4.78, 5) is 12.0. The van der Waals surface area contributed by atoms with Gasteiger partial charge in [0.25, 0.3) is 6.54 Å². The van der Waals surface area contributed by atoms with Gasteiger partial charge in [-0.3, -0.25) is 4.79 Å². The van der Waals surface area contributed by atoms with E-state index in [0.717, 1.165) is 12.1 Å². The van der Waals surface area contributed by atoms with Crippen LogP contribution in [0.5, 0.6) is 0 Å². The molecular weight excluding hydrogens is 254 g/mol. The maximum absolute atomic E-state index is 12.0. The SMILES string of the molecule is O=C1[CH][NH+]([O-])N(c2ccccc2)N1Cc1ccccc1. The number of hydrogen-bond donors (Lipinski definition) is 1. The number of carbonyl (C=O) groups excluding carboxylic acids is 1. The molecule has 1 aliphatic heterocycles. The number of hydroxylamine groups is 1. The van der Waals surface area contributed by atoms with Gasteiger partial charge in [-0.1, -0.05) is 48.5 Å². The lowest BCUT2D eigenvalue weighted by Gasteiger charge is -2.32. The highest BCUT2D eigenvalue weighted by molar-refractivity contribution is 5.85. The molecule has 0 bridgehead atoms. The quantitative estimate of drug-likeness (QED) is 0.842. The highest BCUT2D eigenvalue weighted by Gasteiger charge is 2.37. The van der Waals surface area contributed by atoms with Crippen molar-refractivity contribution in [2.24, 2.45) is 0 Å². The molecule has 101 valence electrons. The van der Waals surface area contributed by atoms with Crippen molar-refractivity contribution in [3.8, 4) is 0 Å². The molecule has 0 saturated carbocycles. The van der Waals surface area contributed by atoms with Crippen molar-refractivity contribution in [2.45, 2.75) is 6.54 Å². The van der Waals surface area contributed by atoms with E-state index in [0.29, 0.717) is 12.2 Å². The fourth-order valence-electron chi connectivity index (χ4n) is 2.20. The van der Waals surface area contributed by atoms with Gasteiger partial charge in [-0.05, 0) is 17.7 Å². The average molecular weight is 268 g/mol. The summed E-state index contributed by atoms with van der Waals surface area (Å²) < 4.78 is 0. The van der Waals surface area contributed by atoms with E-state index >= 15 is 0 Å². The molecule has 0 aromatic heterocycles. The molecule has 5 heteroatoms. The highest BCUT2D eigenvalue weighted by Crippen LogP contribution is 2.17. The standard InChI is InChI=1S/C15H14N3O2/c19-15-12-17(20)18(14-9-5-2-6-10-14)16(15)11-13-7-3-1-4-8-13/h1-10,12,17H,11H2. The molecule has 2 aromatic carbocycles. The Balaban J connectivity index is 1.89. The van der Waals surface area contributed by atoms with Gasteiger partial charge in [0.15, 0.2) is 0 Å². The van der Waals surface area contributed by atoms with E-state index in [1.165, 1.54) is 10.1 Å². The van der Waals surface area contributed by atoms with E-state index in [1.54, 1.807) is 0 Å². The first-order valence-corrected chi connectivity index (χ1v) is 6.35. The van der Waals surface area contributed by atoms with Crippen LogP contribution in [0.3, 0.4) is 0 Å². The first-order valence-electron chi connectivity index (χ1n) is 6.35. The Bertz CT molecular complexity index is 589. The number of quaternary nitrogens is 1. The molecule has 1 saturated heterocycles. The summed E-state index contributed by atoms with van der Waals surface area (Å²) in [6.07, 6.45) is 0. The van der Waals surface area contributed by atoms with Gasteiger partial charge in [-0.25, -0.2) is 5.17 Å². The summed E-state index contributed by atoms with van der Waals surface area (Å²) >= 11 is 0. The molecule has 1 atom stereocenters. The minimum absolute atomic E-state index is 0.289. The zero-order chi connectivity index (χ0) is 13.9. The second-order valence-electron chi connectivity index (χ2n) is 4.51. The summed E-state index contributed by atoms with van der Waals surface area (Å²) in [6, 6.07) is 18.8. The third-order valence-corrected chi connectivity index (χ3v) is 3.13. The molecule has 2 aromatic rings. The first-order chi connectivity index (χ1) is 9.75. The number of anilines is 1. The average Bonchev–Trinajstić information content (AvgIpc) is 2.75. The second-order valence-corrected chi connectivity index (χ2v) is 4.51. The minimum atomic E-state index is -0.308. The van der Waals surface area contributed by atoms with E-state index in [1.807, 2.05) is 60.7 Å². The number of hydrazine groups is 1. The molecular formula is C15H14N3O2. The van der Waals surface area contributed by atoms with E-state index in [-0.39, 0.29) is 11.1 Å². The van der Waals surface area contributed by atoms with E-state index in [9.17, 15) is 10.0 Å². The van der Waals surface area contributed by atoms with Crippen LogP contribution in [-0.2, 0) is 11.3 Å².